The van der Waals surface area contributed by atoms with Gasteiger partial charge in [0.25, 0.3) is 11.8 Å². The van der Waals surface area contributed by atoms with E-state index < -0.39 is 15.9 Å². The first kappa shape index (κ1) is 23.3. The van der Waals surface area contributed by atoms with E-state index in [4.69, 9.17) is 0 Å². The topological polar surface area (TPSA) is 98.8 Å². The zero-order valence-electron chi connectivity index (χ0n) is 17.0. The molecule has 0 atom stereocenters. The van der Waals surface area contributed by atoms with Gasteiger partial charge in [0.2, 0.25) is 15.9 Å². The molecule has 8 nitrogen and oxygen atoms in total. The van der Waals surface area contributed by atoms with Gasteiger partial charge < -0.3 is 15.5 Å². The number of sulfonamides is 1. The fourth-order valence-electron chi connectivity index (χ4n) is 3.45. The highest BCUT2D eigenvalue weighted by Crippen LogP contribution is 2.27. The Balaban J connectivity index is 1.46. The van der Waals surface area contributed by atoms with E-state index in [1.165, 1.54) is 28.6 Å². The molecular formula is C20H26F2N4O4S. The highest BCUT2D eigenvalue weighted by Gasteiger charge is 2.37. The molecule has 0 spiro atoms. The Bertz CT molecular complexity index is 921. The Hall–Kier alpha value is -2.37. The fourth-order valence-corrected chi connectivity index (χ4v) is 4.98. The summed E-state index contributed by atoms with van der Waals surface area (Å²) in [5.41, 5.74) is 0.309. The number of nitrogens with zero attached hydrogens (tertiary/aromatic N) is 2. The van der Waals surface area contributed by atoms with Crippen molar-refractivity contribution in [2.24, 2.45) is 0 Å². The summed E-state index contributed by atoms with van der Waals surface area (Å²) < 4.78 is 52.8. The first-order chi connectivity index (χ1) is 14.6. The lowest BCUT2D eigenvalue weighted by molar-refractivity contribution is -0.117. The zero-order valence-corrected chi connectivity index (χ0v) is 17.8. The molecule has 2 N–H and O–H groups in total. The van der Waals surface area contributed by atoms with Crippen molar-refractivity contribution in [1.29, 1.82) is 0 Å². The number of rotatable bonds is 8. The number of carbonyl (C=O) groups excluding carboxylic acids is 2. The molecule has 0 aromatic heterocycles. The predicted molar refractivity (Wildman–Crippen MR) is 110 cm³/mol. The van der Waals surface area contributed by atoms with Crippen LogP contribution in [0.4, 0.5) is 8.78 Å². The van der Waals surface area contributed by atoms with Crippen LogP contribution in [0.5, 0.6) is 0 Å². The Morgan fingerprint density at radius 3 is 2.35 bits per heavy atom. The number of carbonyl (C=O) groups is 2. The molecule has 1 aromatic carbocycles. The number of nitrogens with one attached hydrogen (secondary N) is 2. The third-order valence-corrected chi connectivity index (χ3v) is 7.28. The largest absolute Gasteiger partial charge is 0.351 e. The third kappa shape index (κ3) is 5.86. The summed E-state index contributed by atoms with van der Waals surface area (Å²) in [4.78, 5) is 25.5. The van der Waals surface area contributed by atoms with Crippen molar-refractivity contribution >= 4 is 21.8 Å². The standard InChI is InChI=1S/C20H26F2N4O4S/c1-2-18(27)24-16-13-26(14-16)31(29,30)17-5-3-15(4-6-17)19(28)23-9-12-25-10-7-20(21,22)8-11-25/h2-6,16H,1,7-14H2,(H,23,28)(H,24,27). The smallest absolute Gasteiger partial charge is 0.251 e. The number of halogens is 2. The molecule has 2 aliphatic heterocycles. The lowest BCUT2D eigenvalue weighted by Gasteiger charge is -2.38. The molecule has 170 valence electrons. The molecule has 2 heterocycles. The molecule has 2 fully saturated rings. The predicted octanol–water partition coefficient (Wildman–Crippen LogP) is 0.823. The van der Waals surface area contributed by atoms with E-state index in [0.717, 1.165) is 6.08 Å². The summed E-state index contributed by atoms with van der Waals surface area (Å²) in [6, 6.07) is 5.34. The number of amides is 2. The Morgan fingerprint density at radius 1 is 1.16 bits per heavy atom. The highest BCUT2D eigenvalue weighted by atomic mass is 32.2. The molecule has 0 unspecified atom stereocenters. The van der Waals surface area contributed by atoms with E-state index in [1.54, 1.807) is 0 Å². The minimum atomic E-state index is -3.70. The molecule has 2 aliphatic rings. The van der Waals surface area contributed by atoms with Crippen LogP contribution in [0, 0.1) is 0 Å². The second-order valence-electron chi connectivity index (χ2n) is 7.71. The number of alkyl halides is 2. The van der Waals surface area contributed by atoms with Crippen LogP contribution in [0.2, 0.25) is 0 Å². The summed E-state index contributed by atoms with van der Waals surface area (Å²) in [5, 5.41) is 5.36. The third-order valence-electron chi connectivity index (χ3n) is 5.44. The molecule has 0 radical (unpaired) electrons. The van der Waals surface area contributed by atoms with Gasteiger partial charge in [-0.05, 0) is 30.3 Å². The monoisotopic (exact) mass is 456 g/mol. The van der Waals surface area contributed by atoms with Gasteiger partial charge in [-0.15, -0.1) is 0 Å². The van der Waals surface area contributed by atoms with Gasteiger partial charge in [-0.2, -0.15) is 4.31 Å². The average molecular weight is 457 g/mol. The summed E-state index contributed by atoms with van der Waals surface area (Å²) in [6.45, 7) is 5.08. The zero-order chi connectivity index (χ0) is 22.6. The maximum absolute atomic E-state index is 13.2. The number of benzene rings is 1. The molecule has 31 heavy (non-hydrogen) atoms. The van der Waals surface area contributed by atoms with Crippen LogP contribution in [0.15, 0.2) is 41.8 Å². The van der Waals surface area contributed by atoms with E-state index in [9.17, 15) is 26.8 Å². The van der Waals surface area contributed by atoms with Crippen molar-refractivity contribution in [2.75, 3.05) is 39.3 Å². The van der Waals surface area contributed by atoms with E-state index in [0.29, 0.717) is 31.7 Å². The van der Waals surface area contributed by atoms with Crippen molar-refractivity contribution in [3.8, 4) is 0 Å². The van der Waals surface area contributed by atoms with Gasteiger partial charge in [0.05, 0.1) is 10.9 Å². The maximum atomic E-state index is 13.2. The minimum Gasteiger partial charge on any atom is -0.351 e. The van der Waals surface area contributed by atoms with E-state index in [2.05, 4.69) is 17.2 Å². The SMILES string of the molecule is C=CC(=O)NC1CN(S(=O)(=O)c2ccc(C(=O)NCCN3CCC(F)(F)CC3)cc2)C1. The molecule has 1 aromatic rings. The van der Waals surface area contributed by atoms with Crippen LogP contribution in [0.1, 0.15) is 23.2 Å². The molecule has 11 heteroatoms. The Kier molecular flexibility index (Phi) is 7.07. The van der Waals surface area contributed by atoms with E-state index in [1.807, 2.05) is 4.90 Å². The van der Waals surface area contributed by atoms with Crippen molar-refractivity contribution in [1.82, 2.24) is 19.8 Å². The van der Waals surface area contributed by atoms with Gasteiger partial charge in [-0.1, -0.05) is 6.58 Å². The summed E-state index contributed by atoms with van der Waals surface area (Å²) in [7, 11) is -3.70. The van der Waals surface area contributed by atoms with Gasteiger partial charge in [-0.25, -0.2) is 17.2 Å². The summed E-state index contributed by atoms with van der Waals surface area (Å²) >= 11 is 0. The van der Waals surface area contributed by atoms with Crippen molar-refractivity contribution in [3.05, 3.63) is 42.5 Å². The average Bonchev–Trinajstić information content (AvgIpc) is 2.71. The van der Waals surface area contributed by atoms with Crippen LogP contribution < -0.4 is 10.6 Å². The van der Waals surface area contributed by atoms with Crippen LogP contribution in [-0.4, -0.2) is 80.7 Å². The lowest BCUT2D eigenvalue weighted by atomic mass is 10.1. The molecule has 0 aliphatic carbocycles. The van der Waals surface area contributed by atoms with Crippen molar-refractivity contribution in [2.45, 2.75) is 29.7 Å². The highest BCUT2D eigenvalue weighted by molar-refractivity contribution is 7.89. The van der Waals surface area contributed by atoms with Crippen LogP contribution in [-0.2, 0) is 14.8 Å². The number of piperidine rings is 1. The van der Waals surface area contributed by atoms with Crippen molar-refractivity contribution < 1.29 is 26.8 Å². The maximum Gasteiger partial charge on any atom is 0.251 e. The van der Waals surface area contributed by atoms with Gasteiger partial charge in [-0.3, -0.25) is 9.59 Å². The number of likely N-dealkylation sites (tertiary alicyclic amines) is 1. The van der Waals surface area contributed by atoms with Crippen LogP contribution in [0.3, 0.4) is 0 Å². The molecule has 3 rings (SSSR count). The van der Waals surface area contributed by atoms with Gasteiger partial charge >= 0.3 is 0 Å². The van der Waals surface area contributed by atoms with Crippen LogP contribution >= 0.6 is 0 Å². The second-order valence-corrected chi connectivity index (χ2v) is 9.65. The first-order valence-corrected chi connectivity index (χ1v) is 11.5. The fraction of sp³-hybridized carbons (Fsp3) is 0.500. The minimum absolute atomic E-state index is 0.0618. The Labute approximate surface area is 180 Å². The summed E-state index contributed by atoms with van der Waals surface area (Å²) in [6.07, 6.45) is 0.788. The van der Waals surface area contributed by atoms with E-state index >= 15 is 0 Å². The molecule has 2 amide bonds. The second kappa shape index (κ2) is 9.41. The first-order valence-electron chi connectivity index (χ1n) is 10.0. The normalized spacial score (nSPS) is 19.9. The molecule has 2 saturated heterocycles. The summed E-state index contributed by atoms with van der Waals surface area (Å²) in [5.74, 6) is -3.31. The Morgan fingerprint density at radius 2 is 1.77 bits per heavy atom. The van der Waals surface area contributed by atoms with Crippen molar-refractivity contribution in [3.63, 3.8) is 0 Å². The molecule has 0 bridgehead atoms. The van der Waals surface area contributed by atoms with Gasteiger partial charge in [0.15, 0.2) is 0 Å². The van der Waals surface area contributed by atoms with Gasteiger partial charge in [0, 0.05) is 57.7 Å². The number of hydrogen-bond acceptors (Lipinski definition) is 5. The van der Waals surface area contributed by atoms with Gasteiger partial charge in [0.1, 0.15) is 0 Å². The molecular weight excluding hydrogens is 430 g/mol. The quantitative estimate of drug-likeness (QED) is 0.565. The molecule has 0 saturated carbocycles. The van der Waals surface area contributed by atoms with Crippen LogP contribution in [0.25, 0.3) is 0 Å². The number of hydrogen-bond donors (Lipinski definition) is 2. The van der Waals surface area contributed by atoms with E-state index in [-0.39, 0.29) is 48.7 Å². The lowest BCUT2D eigenvalue weighted by Crippen LogP contribution is -2.60.